The molecule has 14 nitrogen and oxygen atoms in total. The zero-order valence-electron chi connectivity index (χ0n) is 19.2. The van der Waals surface area contributed by atoms with E-state index in [0.29, 0.717) is 6.42 Å². The highest BCUT2D eigenvalue weighted by molar-refractivity contribution is 7.80. The molecule has 0 saturated carbocycles. The summed E-state index contributed by atoms with van der Waals surface area (Å²) in [5.74, 6) is -5.62. The molecule has 5 unspecified atom stereocenters. The first-order valence-electron chi connectivity index (χ1n) is 10.6. The van der Waals surface area contributed by atoms with Gasteiger partial charge >= 0.3 is 11.9 Å². The maximum Gasteiger partial charge on any atom is 0.326 e. The average Bonchev–Trinajstić information content (AvgIpc) is 2.75. The van der Waals surface area contributed by atoms with Crippen LogP contribution in [-0.2, 0) is 24.0 Å². The van der Waals surface area contributed by atoms with Crippen molar-refractivity contribution in [2.45, 2.75) is 63.7 Å². The van der Waals surface area contributed by atoms with Crippen molar-refractivity contribution in [3.8, 4) is 0 Å². The van der Waals surface area contributed by atoms with E-state index in [1.807, 2.05) is 0 Å². The van der Waals surface area contributed by atoms with Gasteiger partial charge in [-0.2, -0.15) is 12.6 Å². The molecule has 0 aromatic rings. The lowest BCUT2D eigenvalue weighted by Gasteiger charge is -2.26. The predicted molar refractivity (Wildman–Crippen MR) is 127 cm³/mol. The van der Waals surface area contributed by atoms with Crippen molar-refractivity contribution in [3.05, 3.63) is 0 Å². The average molecular weight is 506 g/mol. The minimum atomic E-state index is -1.39. The summed E-state index contributed by atoms with van der Waals surface area (Å²) < 4.78 is 0. The Bertz CT molecular complexity index is 761. The van der Waals surface area contributed by atoms with Crippen LogP contribution in [-0.4, -0.2) is 82.3 Å². The summed E-state index contributed by atoms with van der Waals surface area (Å²) in [5.41, 5.74) is 16.0. The van der Waals surface area contributed by atoms with Crippen molar-refractivity contribution in [1.29, 1.82) is 0 Å². The molecule has 0 aliphatic carbocycles. The molecule has 0 radical (unpaired) electrons. The second-order valence-electron chi connectivity index (χ2n) is 7.67. The molecule has 34 heavy (non-hydrogen) atoms. The van der Waals surface area contributed by atoms with Gasteiger partial charge in [0.25, 0.3) is 0 Å². The number of carbonyl (C=O) groups is 5. The second kappa shape index (κ2) is 15.7. The fraction of sp³-hybridized carbons (Fsp3) is 0.684. The Labute approximate surface area is 202 Å². The van der Waals surface area contributed by atoms with Gasteiger partial charge < -0.3 is 43.4 Å². The Morgan fingerprint density at radius 2 is 1.53 bits per heavy atom. The van der Waals surface area contributed by atoms with Gasteiger partial charge in [0.2, 0.25) is 17.7 Å². The van der Waals surface area contributed by atoms with E-state index in [0.717, 1.165) is 0 Å². The number of nitrogens with one attached hydrogen (secondary N) is 3. The number of hydrogen-bond acceptors (Lipinski definition) is 8. The van der Waals surface area contributed by atoms with E-state index in [1.54, 1.807) is 13.8 Å². The molecule has 0 saturated heterocycles. The fourth-order valence-electron chi connectivity index (χ4n) is 2.74. The van der Waals surface area contributed by atoms with Crippen LogP contribution in [0.15, 0.2) is 4.99 Å². The van der Waals surface area contributed by atoms with Crippen molar-refractivity contribution in [2.24, 2.45) is 28.1 Å². The predicted octanol–water partition coefficient (Wildman–Crippen LogP) is -2.64. The van der Waals surface area contributed by atoms with Gasteiger partial charge in [0.05, 0.1) is 12.5 Å². The number of carboxylic acids is 2. The van der Waals surface area contributed by atoms with Crippen molar-refractivity contribution >= 4 is 48.2 Å². The van der Waals surface area contributed by atoms with E-state index < -0.39 is 60.2 Å². The zero-order valence-corrected chi connectivity index (χ0v) is 20.1. The van der Waals surface area contributed by atoms with Gasteiger partial charge in [0.15, 0.2) is 5.96 Å². The molecule has 0 heterocycles. The highest BCUT2D eigenvalue weighted by Gasteiger charge is 2.31. The molecule has 0 aromatic heterocycles. The number of thiol groups is 1. The van der Waals surface area contributed by atoms with Crippen LogP contribution in [0.1, 0.15) is 39.5 Å². The van der Waals surface area contributed by atoms with Crippen LogP contribution in [0, 0.1) is 5.92 Å². The van der Waals surface area contributed by atoms with Crippen molar-refractivity contribution in [1.82, 2.24) is 16.0 Å². The van der Waals surface area contributed by atoms with Gasteiger partial charge in [0.1, 0.15) is 18.1 Å². The Hall–Kier alpha value is -3.07. The van der Waals surface area contributed by atoms with Gasteiger partial charge in [0, 0.05) is 12.3 Å². The number of carboxylic acid groups (broad SMARTS) is 2. The molecule has 11 N–H and O–H groups in total. The van der Waals surface area contributed by atoms with Crippen molar-refractivity contribution < 1.29 is 34.2 Å². The highest BCUT2D eigenvalue weighted by atomic mass is 32.1. The minimum Gasteiger partial charge on any atom is -0.481 e. The number of guanidine groups is 1. The number of nitrogens with two attached hydrogens (primary N) is 3. The molecule has 0 aromatic carbocycles. The van der Waals surface area contributed by atoms with Gasteiger partial charge in [-0.25, -0.2) is 4.79 Å². The molecule has 0 aliphatic rings. The Balaban J connectivity index is 5.46. The van der Waals surface area contributed by atoms with E-state index >= 15 is 0 Å². The lowest BCUT2D eigenvalue weighted by molar-refractivity contribution is -0.143. The van der Waals surface area contributed by atoms with E-state index in [4.69, 9.17) is 22.3 Å². The molecule has 0 fully saturated rings. The first kappa shape index (κ1) is 30.9. The quantitative estimate of drug-likeness (QED) is 0.0456. The number of rotatable bonds is 16. The highest BCUT2D eigenvalue weighted by Crippen LogP contribution is 2.09. The minimum absolute atomic E-state index is 0.0625. The smallest absolute Gasteiger partial charge is 0.326 e. The maximum atomic E-state index is 12.8. The summed E-state index contributed by atoms with van der Waals surface area (Å²) >= 11 is 4.02. The van der Waals surface area contributed by atoms with E-state index in [9.17, 15) is 29.1 Å². The zero-order chi connectivity index (χ0) is 26.4. The van der Waals surface area contributed by atoms with Crippen LogP contribution in [0.2, 0.25) is 0 Å². The topological polar surface area (TPSA) is 252 Å². The van der Waals surface area contributed by atoms with E-state index in [-0.39, 0.29) is 37.0 Å². The molecule has 0 bridgehead atoms. The summed E-state index contributed by atoms with van der Waals surface area (Å²) in [6.07, 6.45) is 0.184. The number of carbonyl (C=O) groups excluding carboxylic acids is 3. The Morgan fingerprint density at radius 1 is 0.971 bits per heavy atom. The van der Waals surface area contributed by atoms with Crippen LogP contribution in [0.4, 0.5) is 0 Å². The molecule has 194 valence electrons. The standard InChI is InChI=1S/C19H35N7O7S/c1-3-9(2)14(18(32)33)26-16(30)11(5-4-6-23-19(21)22)24-17(31)12(8-34)25-15(29)10(20)7-13(27)28/h9-12,14,34H,3-8,20H2,1-2H3,(H,24,31)(H,25,29)(H,26,30)(H,27,28)(H,32,33)(H4,21,22,23). The van der Waals surface area contributed by atoms with Gasteiger partial charge in [-0.15, -0.1) is 0 Å². The summed E-state index contributed by atoms with van der Waals surface area (Å²) in [5, 5.41) is 25.4. The number of amides is 3. The van der Waals surface area contributed by atoms with Crippen LogP contribution in [0.25, 0.3) is 0 Å². The van der Waals surface area contributed by atoms with Crippen LogP contribution in [0.5, 0.6) is 0 Å². The Kier molecular flexibility index (Phi) is 14.3. The van der Waals surface area contributed by atoms with Crippen LogP contribution >= 0.6 is 12.6 Å². The van der Waals surface area contributed by atoms with E-state index in [1.165, 1.54) is 0 Å². The summed E-state index contributed by atoms with van der Waals surface area (Å²) in [6, 6.07) is -4.96. The molecule has 5 atom stereocenters. The normalized spacial score (nSPS) is 15.1. The summed E-state index contributed by atoms with van der Waals surface area (Å²) in [7, 11) is 0. The number of aliphatic imine (C=N–C) groups is 1. The van der Waals surface area contributed by atoms with Gasteiger partial charge in [-0.05, 0) is 18.8 Å². The van der Waals surface area contributed by atoms with Crippen molar-refractivity contribution in [2.75, 3.05) is 12.3 Å². The lowest BCUT2D eigenvalue weighted by Crippen LogP contribution is -2.58. The second-order valence-corrected chi connectivity index (χ2v) is 8.03. The molecule has 0 rings (SSSR count). The van der Waals surface area contributed by atoms with Crippen LogP contribution < -0.4 is 33.2 Å². The SMILES string of the molecule is CCC(C)C(NC(=O)C(CCCN=C(N)N)NC(=O)C(CS)NC(=O)C(N)CC(=O)O)C(=O)O. The largest absolute Gasteiger partial charge is 0.481 e. The lowest BCUT2D eigenvalue weighted by atomic mass is 9.98. The fourth-order valence-corrected chi connectivity index (χ4v) is 2.99. The third kappa shape index (κ3) is 11.7. The first-order valence-corrected chi connectivity index (χ1v) is 11.2. The summed E-state index contributed by atoms with van der Waals surface area (Å²) in [6.45, 7) is 3.60. The van der Waals surface area contributed by atoms with Crippen LogP contribution in [0.3, 0.4) is 0 Å². The third-order valence-corrected chi connectivity index (χ3v) is 5.27. The maximum absolute atomic E-state index is 12.8. The molecule has 0 aliphatic heterocycles. The number of aliphatic carboxylic acids is 2. The number of nitrogens with zero attached hydrogens (tertiary/aromatic N) is 1. The number of hydrogen-bond donors (Lipinski definition) is 9. The first-order chi connectivity index (χ1) is 15.8. The third-order valence-electron chi connectivity index (χ3n) is 4.90. The molecule has 3 amide bonds. The molecule has 0 spiro atoms. The molecular weight excluding hydrogens is 470 g/mol. The molecule has 15 heteroatoms. The molecular formula is C19H35N7O7S. The monoisotopic (exact) mass is 505 g/mol. The van der Waals surface area contributed by atoms with Gasteiger partial charge in [-0.3, -0.25) is 24.2 Å². The van der Waals surface area contributed by atoms with E-state index in [2.05, 4.69) is 33.6 Å². The van der Waals surface area contributed by atoms with Gasteiger partial charge in [-0.1, -0.05) is 20.3 Å². The van der Waals surface area contributed by atoms with Crippen molar-refractivity contribution in [3.63, 3.8) is 0 Å². The summed E-state index contributed by atoms with van der Waals surface area (Å²) in [4.78, 5) is 63.7. The Morgan fingerprint density at radius 3 is 2.00 bits per heavy atom.